The minimum atomic E-state index is -0.593. The van der Waals surface area contributed by atoms with Gasteiger partial charge in [-0.1, -0.05) is 0 Å². The van der Waals surface area contributed by atoms with E-state index < -0.39 is 17.9 Å². The largest absolute Gasteiger partial charge is 0.462 e. The van der Waals surface area contributed by atoms with Crippen LogP contribution in [0.4, 0.5) is 0 Å². The first kappa shape index (κ1) is 14.7. The molecule has 0 aromatic heterocycles. The van der Waals surface area contributed by atoms with Crippen LogP contribution in [0.15, 0.2) is 18.2 Å². The van der Waals surface area contributed by atoms with Gasteiger partial charge in [-0.05, 0) is 19.1 Å². The molecule has 0 aliphatic carbocycles. The van der Waals surface area contributed by atoms with Crippen LogP contribution in [-0.2, 0) is 14.3 Å². The van der Waals surface area contributed by atoms with Gasteiger partial charge in [0.2, 0.25) is 0 Å². The molecular weight excluding hydrogens is 252 g/mol. The molecule has 0 unspecified atom stereocenters. The molecule has 0 saturated heterocycles. The van der Waals surface area contributed by atoms with Gasteiger partial charge >= 0.3 is 17.9 Å². The Balaban J connectivity index is 3.11. The topological polar surface area (TPSA) is 78.9 Å². The molecule has 0 aliphatic heterocycles. The minimum Gasteiger partial charge on any atom is -0.462 e. The highest BCUT2D eigenvalue weighted by molar-refractivity contribution is 5.91. The lowest BCUT2D eigenvalue weighted by molar-refractivity contribution is -0.132. The maximum atomic E-state index is 11.6. The number of benzene rings is 1. The maximum Gasteiger partial charge on any atom is 0.338 e. The normalized spacial score (nSPS) is 9.63. The molecule has 6 heteroatoms. The average Bonchev–Trinajstić information content (AvgIpc) is 2.26. The zero-order valence-corrected chi connectivity index (χ0v) is 10.9. The van der Waals surface area contributed by atoms with E-state index in [1.54, 1.807) is 6.92 Å². The molecule has 1 aromatic rings. The van der Waals surface area contributed by atoms with Crippen LogP contribution in [0.3, 0.4) is 0 Å². The number of carbonyl (C=O) groups is 3. The molecule has 0 fully saturated rings. The van der Waals surface area contributed by atoms with Crippen LogP contribution < -0.4 is 9.47 Å². The van der Waals surface area contributed by atoms with E-state index in [0.29, 0.717) is 0 Å². The third-order valence-electron chi connectivity index (χ3n) is 1.91. The maximum absolute atomic E-state index is 11.6. The van der Waals surface area contributed by atoms with E-state index in [1.807, 2.05) is 0 Å². The van der Waals surface area contributed by atoms with Gasteiger partial charge in [0.25, 0.3) is 0 Å². The number of hydrogen-bond donors (Lipinski definition) is 0. The van der Waals surface area contributed by atoms with Crippen molar-refractivity contribution in [1.82, 2.24) is 0 Å². The molecule has 0 bridgehead atoms. The Hall–Kier alpha value is -2.37. The van der Waals surface area contributed by atoms with Crippen molar-refractivity contribution in [3.05, 3.63) is 23.8 Å². The molecule has 1 rings (SSSR count). The molecule has 19 heavy (non-hydrogen) atoms. The fraction of sp³-hybridized carbons (Fsp3) is 0.308. The average molecular weight is 266 g/mol. The van der Waals surface area contributed by atoms with Crippen molar-refractivity contribution in [2.24, 2.45) is 0 Å². The standard InChI is InChI=1S/C13H14O6/c1-4-17-13(16)10-5-11(18-8(2)14)7-12(6-10)19-9(3)15/h5-7H,4H2,1-3H3. The van der Waals surface area contributed by atoms with E-state index in [4.69, 9.17) is 14.2 Å². The van der Waals surface area contributed by atoms with Crippen LogP contribution in [0.25, 0.3) is 0 Å². The first-order chi connectivity index (χ1) is 8.92. The molecule has 0 radical (unpaired) electrons. The predicted molar refractivity (Wildman–Crippen MR) is 65.0 cm³/mol. The minimum absolute atomic E-state index is 0.106. The van der Waals surface area contributed by atoms with Crippen molar-refractivity contribution in [3.63, 3.8) is 0 Å². The lowest BCUT2D eigenvalue weighted by Gasteiger charge is -2.08. The Morgan fingerprint density at radius 3 is 1.79 bits per heavy atom. The van der Waals surface area contributed by atoms with E-state index in [1.165, 1.54) is 32.0 Å². The van der Waals surface area contributed by atoms with Crippen molar-refractivity contribution < 1.29 is 28.6 Å². The van der Waals surface area contributed by atoms with Crippen LogP contribution in [0.1, 0.15) is 31.1 Å². The second-order valence-corrected chi connectivity index (χ2v) is 3.60. The van der Waals surface area contributed by atoms with Crippen LogP contribution >= 0.6 is 0 Å². The Kier molecular flexibility index (Phi) is 5.05. The van der Waals surface area contributed by atoms with Crippen LogP contribution in [0, 0.1) is 0 Å². The monoisotopic (exact) mass is 266 g/mol. The molecular formula is C13H14O6. The van der Waals surface area contributed by atoms with Crippen molar-refractivity contribution in [1.29, 1.82) is 0 Å². The van der Waals surface area contributed by atoms with Gasteiger partial charge in [0.05, 0.1) is 12.2 Å². The Morgan fingerprint density at radius 1 is 0.947 bits per heavy atom. The lowest BCUT2D eigenvalue weighted by atomic mass is 10.2. The van der Waals surface area contributed by atoms with Crippen molar-refractivity contribution in [2.75, 3.05) is 6.61 Å². The summed E-state index contributed by atoms with van der Waals surface area (Å²) in [7, 11) is 0. The summed E-state index contributed by atoms with van der Waals surface area (Å²) in [5.74, 6) is -1.47. The summed E-state index contributed by atoms with van der Waals surface area (Å²) < 4.78 is 14.6. The fourth-order valence-electron chi connectivity index (χ4n) is 1.35. The number of rotatable bonds is 4. The van der Waals surface area contributed by atoms with E-state index in [9.17, 15) is 14.4 Å². The molecule has 0 saturated carbocycles. The van der Waals surface area contributed by atoms with Gasteiger partial charge in [0.1, 0.15) is 11.5 Å². The van der Waals surface area contributed by atoms with E-state index in [-0.39, 0.29) is 23.7 Å². The predicted octanol–water partition coefficient (Wildman–Crippen LogP) is 1.71. The van der Waals surface area contributed by atoms with E-state index in [2.05, 4.69) is 0 Å². The molecule has 0 spiro atoms. The molecule has 1 aromatic carbocycles. The van der Waals surface area contributed by atoms with Gasteiger partial charge < -0.3 is 14.2 Å². The van der Waals surface area contributed by atoms with Gasteiger partial charge in [0.15, 0.2) is 0 Å². The third-order valence-corrected chi connectivity index (χ3v) is 1.91. The van der Waals surface area contributed by atoms with Gasteiger partial charge in [0, 0.05) is 19.9 Å². The quantitative estimate of drug-likeness (QED) is 0.609. The van der Waals surface area contributed by atoms with Crippen molar-refractivity contribution >= 4 is 17.9 Å². The molecule has 0 atom stereocenters. The Bertz CT molecular complexity index is 472. The zero-order valence-electron chi connectivity index (χ0n) is 10.9. The van der Waals surface area contributed by atoms with Gasteiger partial charge in [-0.25, -0.2) is 4.79 Å². The highest BCUT2D eigenvalue weighted by Crippen LogP contribution is 2.24. The summed E-state index contributed by atoms with van der Waals surface area (Å²) in [4.78, 5) is 33.4. The molecule has 102 valence electrons. The third kappa shape index (κ3) is 4.79. The van der Waals surface area contributed by atoms with Gasteiger partial charge in [-0.3, -0.25) is 9.59 Å². The van der Waals surface area contributed by atoms with Gasteiger partial charge in [-0.15, -0.1) is 0 Å². The summed E-state index contributed by atoms with van der Waals surface area (Å²) in [6.45, 7) is 4.32. The van der Waals surface area contributed by atoms with Crippen LogP contribution in [0.5, 0.6) is 11.5 Å². The highest BCUT2D eigenvalue weighted by atomic mass is 16.5. The summed E-state index contributed by atoms with van der Waals surface area (Å²) in [5.41, 5.74) is 0.136. The smallest absolute Gasteiger partial charge is 0.338 e. The van der Waals surface area contributed by atoms with Gasteiger partial charge in [-0.2, -0.15) is 0 Å². The van der Waals surface area contributed by atoms with Crippen LogP contribution in [-0.4, -0.2) is 24.5 Å². The SMILES string of the molecule is CCOC(=O)c1cc(OC(C)=O)cc(OC(C)=O)c1. The summed E-state index contributed by atoms with van der Waals surface area (Å²) >= 11 is 0. The molecule has 0 heterocycles. The fourth-order valence-corrected chi connectivity index (χ4v) is 1.35. The number of carbonyl (C=O) groups excluding carboxylic acids is 3. The van der Waals surface area contributed by atoms with Crippen molar-refractivity contribution in [3.8, 4) is 11.5 Å². The Morgan fingerprint density at radius 2 is 1.42 bits per heavy atom. The number of hydrogen-bond acceptors (Lipinski definition) is 6. The summed E-state index contributed by atoms with van der Waals surface area (Å²) in [6, 6.07) is 4.02. The summed E-state index contributed by atoms with van der Waals surface area (Å²) in [5, 5.41) is 0. The molecule has 0 amide bonds. The zero-order chi connectivity index (χ0) is 14.4. The first-order valence-electron chi connectivity index (χ1n) is 5.61. The number of esters is 3. The second-order valence-electron chi connectivity index (χ2n) is 3.60. The van der Waals surface area contributed by atoms with Crippen LogP contribution in [0.2, 0.25) is 0 Å². The molecule has 0 aliphatic rings. The van der Waals surface area contributed by atoms with E-state index in [0.717, 1.165) is 0 Å². The molecule has 0 N–H and O–H groups in total. The Labute approximate surface area is 110 Å². The molecule has 6 nitrogen and oxygen atoms in total. The lowest BCUT2D eigenvalue weighted by Crippen LogP contribution is -2.09. The highest BCUT2D eigenvalue weighted by Gasteiger charge is 2.13. The van der Waals surface area contributed by atoms with E-state index >= 15 is 0 Å². The second kappa shape index (κ2) is 6.53. The first-order valence-corrected chi connectivity index (χ1v) is 5.61. The number of ether oxygens (including phenoxy) is 3. The summed E-state index contributed by atoms with van der Waals surface area (Å²) in [6.07, 6.45) is 0. The van der Waals surface area contributed by atoms with Crippen molar-refractivity contribution in [2.45, 2.75) is 20.8 Å².